The van der Waals surface area contributed by atoms with Crippen LogP contribution in [0.25, 0.3) is 0 Å². The van der Waals surface area contributed by atoms with Crippen molar-refractivity contribution in [2.24, 2.45) is 0 Å². The molecule has 0 unspecified atom stereocenters. The lowest BCUT2D eigenvalue weighted by Gasteiger charge is -2.32. The lowest BCUT2D eigenvalue weighted by molar-refractivity contribution is -0.139. The molecule has 0 heterocycles. The van der Waals surface area contributed by atoms with Crippen LogP contribution in [0.4, 0.5) is 5.69 Å². The molecule has 8 nitrogen and oxygen atoms in total. The van der Waals surface area contributed by atoms with Crippen molar-refractivity contribution in [3.05, 3.63) is 90.0 Å². The molecule has 3 aromatic carbocycles. The Morgan fingerprint density at radius 3 is 2.23 bits per heavy atom. The average molecular weight is 552 g/mol. The van der Waals surface area contributed by atoms with Crippen molar-refractivity contribution in [3.63, 3.8) is 0 Å². The predicted molar refractivity (Wildman–Crippen MR) is 153 cm³/mol. The van der Waals surface area contributed by atoms with Gasteiger partial charge in [-0.15, -0.1) is 0 Å². The highest BCUT2D eigenvalue weighted by Crippen LogP contribution is 2.27. The van der Waals surface area contributed by atoms with E-state index in [0.717, 1.165) is 21.9 Å². The molecule has 0 saturated heterocycles. The Hall–Kier alpha value is -3.85. The van der Waals surface area contributed by atoms with E-state index < -0.39 is 28.5 Å². The lowest BCUT2D eigenvalue weighted by Crippen LogP contribution is -2.52. The molecule has 3 rings (SSSR count). The van der Waals surface area contributed by atoms with E-state index in [0.29, 0.717) is 5.75 Å². The quantitative estimate of drug-likeness (QED) is 0.357. The van der Waals surface area contributed by atoms with Crippen molar-refractivity contribution < 1.29 is 22.7 Å². The van der Waals surface area contributed by atoms with Crippen LogP contribution in [0.2, 0.25) is 0 Å². The van der Waals surface area contributed by atoms with E-state index >= 15 is 0 Å². The number of aryl methyl sites for hydroxylation is 1. The third-order valence-corrected chi connectivity index (χ3v) is 8.38. The molecular formula is C30H37N3O5S. The van der Waals surface area contributed by atoms with E-state index in [9.17, 15) is 18.0 Å². The van der Waals surface area contributed by atoms with Crippen molar-refractivity contribution in [1.82, 2.24) is 10.2 Å². The number of nitrogens with one attached hydrogen (secondary N) is 1. The molecule has 0 aliphatic carbocycles. The standard InChI is InChI=1S/C30H37N3O5S/c1-6-23(3)31-30(35)24(4)32(20-25-17-15-22(2)16-18-25)29(34)21-33(26-11-10-12-27(19-26)38-5)39(36,37)28-13-8-7-9-14-28/h7-19,23-24H,6,20-21H2,1-5H3,(H,31,35)/t23-,24-/m1/s1. The Kier molecular flexibility index (Phi) is 10.1. The largest absolute Gasteiger partial charge is 0.497 e. The van der Waals surface area contributed by atoms with Gasteiger partial charge in [-0.1, -0.05) is 61.0 Å². The number of benzene rings is 3. The van der Waals surface area contributed by atoms with Gasteiger partial charge in [0.15, 0.2) is 0 Å². The Morgan fingerprint density at radius 2 is 1.62 bits per heavy atom. The second-order valence-electron chi connectivity index (χ2n) is 9.53. The Balaban J connectivity index is 2.02. The fraction of sp³-hybridized carbons (Fsp3) is 0.333. The molecule has 0 aromatic heterocycles. The van der Waals surface area contributed by atoms with Crippen LogP contribution in [0.3, 0.4) is 0 Å². The van der Waals surface area contributed by atoms with Crippen LogP contribution >= 0.6 is 0 Å². The molecule has 0 fully saturated rings. The second-order valence-corrected chi connectivity index (χ2v) is 11.4. The number of rotatable bonds is 12. The van der Waals surface area contributed by atoms with Crippen molar-refractivity contribution in [2.75, 3.05) is 18.0 Å². The van der Waals surface area contributed by atoms with Crippen molar-refractivity contribution in [3.8, 4) is 5.75 Å². The summed E-state index contributed by atoms with van der Waals surface area (Å²) in [5.41, 5.74) is 2.17. The number of sulfonamides is 1. The topological polar surface area (TPSA) is 96.0 Å². The van der Waals surface area contributed by atoms with Gasteiger partial charge in [0.2, 0.25) is 11.8 Å². The number of anilines is 1. The first-order valence-electron chi connectivity index (χ1n) is 12.9. The average Bonchev–Trinajstić information content (AvgIpc) is 2.95. The number of hydrogen-bond acceptors (Lipinski definition) is 5. The highest BCUT2D eigenvalue weighted by atomic mass is 32.2. The van der Waals surface area contributed by atoms with Gasteiger partial charge in [-0.3, -0.25) is 13.9 Å². The maximum atomic E-state index is 13.9. The van der Waals surface area contributed by atoms with Gasteiger partial charge in [-0.2, -0.15) is 0 Å². The smallest absolute Gasteiger partial charge is 0.264 e. The molecule has 0 saturated carbocycles. The molecule has 0 aliphatic rings. The summed E-state index contributed by atoms with van der Waals surface area (Å²) in [6.45, 7) is 7.13. The Labute approximate surface area is 231 Å². The number of nitrogens with zero attached hydrogens (tertiary/aromatic N) is 2. The molecule has 0 spiro atoms. The van der Waals surface area contributed by atoms with Gasteiger partial charge in [0, 0.05) is 18.7 Å². The second kappa shape index (κ2) is 13.3. The summed E-state index contributed by atoms with van der Waals surface area (Å²) >= 11 is 0. The molecular weight excluding hydrogens is 514 g/mol. The van der Waals surface area contributed by atoms with Crippen LogP contribution in [-0.2, 0) is 26.2 Å². The molecule has 9 heteroatoms. The van der Waals surface area contributed by atoms with Gasteiger partial charge in [-0.25, -0.2) is 8.42 Å². The third kappa shape index (κ3) is 7.60. The van der Waals surface area contributed by atoms with Gasteiger partial charge in [0.1, 0.15) is 18.3 Å². The summed E-state index contributed by atoms with van der Waals surface area (Å²) in [4.78, 5) is 28.5. The van der Waals surface area contributed by atoms with E-state index in [4.69, 9.17) is 4.74 Å². The maximum Gasteiger partial charge on any atom is 0.264 e. The van der Waals surface area contributed by atoms with Crippen molar-refractivity contribution in [1.29, 1.82) is 0 Å². The number of carbonyl (C=O) groups is 2. The Morgan fingerprint density at radius 1 is 0.949 bits per heavy atom. The first kappa shape index (κ1) is 29.7. The summed E-state index contributed by atoms with van der Waals surface area (Å²) in [6, 6.07) is 21.3. The van der Waals surface area contributed by atoms with Gasteiger partial charge < -0.3 is 15.0 Å². The summed E-state index contributed by atoms with van der Waals surface area (Å²) in [7, 11) is -2.64. The highest BCUT2D eigenvalue weighted by Gasteiger charge is 2.32. The molecule has 39 heavy (non-hydrogen) atoms. The van der Waals surface area contributed by atoms with Crippen LogP contribution in [0.5, 0.6) is 5.75 Å². The number of methoxy groups -OCH3 is 1. The predicted octanol–water partition coefficient (Wildman–Crippen LogP) is 4.53. The van der Waals surface area contributed by atoms with E-state index in [2.05, 4.69) is 5.32 Å². The molecule has 0 radical (unpaired) electrons. The first-order chi connectivity index (χ1) is 18.6. The molecule has 2 amide bonds. The van der Waals surface area contributed by atoms with E-state index in [1.807, 2.05) is 45.0 Å². The van der Waals surface area contributed by atoms with Crippen molar-refractivity contribution in [2.45, 2.75) is 57.6 Å². The highest BCUT2D eigenvalue weighted by molar-refractivity contribution is 7.92. The fourth-order valence-corrected chi connectivity index (χ4v) is 5.38. The molecule has 208 valence electrons. The molecule has 3 aromatic rings. The molecule has 0 bridgehead atoms. The number of carbonyl (C=O) groups excluding carboxylic acids is 2. The van der Waals surface area contributed by atoms with Crippen LogP contribution in [0.15, 0.2) is 83.8 Å². The van der Waals surface area contributed by atoms with Crippen molar-refractivity contribution >= 4 is 27.5 Å². The minimum atomic E-state index is -4.13. The molecule has 2 atom stereocenters. The fourth-order valence-electron chi connectivity index (χ4n) is 3.95. The number of hydrogen-bond donors (Lipinski definition) is 1. The van der Waals surface area contributed by atoms with Gasteiger partial charge in [-0.05, 0) is 57.0 Å². The van der Waals surface area contributed by atoms with E-state index in [1.54, 1.807) is 49.4 Å². The molecule has 0 aliphatic heterocycles. The van der Waals surface area contributed by atoms with E-state index in [1.165, 1.54) is 24.1 Å². The molecule has 1 N–H and O–H groups in total. The minimum Gasteiger partial charge on any atom is -0.497 e. The number of ether oxygens (including phenoxy) is 1. The normalized spacial score (nSPS) is 12.7. The maximum absolute atomic E-state index is 13.9. The zero-order valence-corrected chi connectivity index (χ0v) is 23.9. The lowest BCUT2D eigenvalue weighted by atomic mass is 10.1. The van der Waals surface area contributed by atoms with Crippen LogP contribution in [0, 0.1) is 6.92 Å². The van der Waals surface area contributed by atoms with Gasteiger partial charge in [0.25, 0.3) is 10.0 Å². The SMILES string of the molecule is CC[C@@H](C)NC(=O)[C@@H](C)N(Cc1ccc(C)cc1)C(=O)CN(c1cccc(OC)c1)S(=O)(=O)c1ccccc1. The van der Waals surface area contributed by atoms with Crippen LogP contribution in [-0.4, -0.2) is 50.9 Å². The van der Waals surface area contributed by atoms with Crippen LogP contribution in [0.1, 0.15) is 38.3 Å². The zero-order chi connectivity index (χ0) is 28.6. The van der Waals surface area contributed by atoms with Gasteiger partial charge in [0.05, 0.1) is 17.7 Å². The summed E-state index contributed by atoms with van der Waals surface area (Å²) in [6.07, 6.45) is 0.739. The summed E-state index contributed by atoms with van der Waals surface area (Å²) in [5, 5.41) is 2.93. The summed E-state index contributed by atoms with van der Waals surface area (Å²) in [5.74, 6) is -0.362. The van der Waals surface area contributed by atoms with Gasteiger partial charge >= 0.3 is 0 Å². The minimum absolute atomic E-state index is 0.0493. The summed E-state index contributed by atoms with van der Waals surface area (Å²) < 4.78 is 34.0. The third-order valence-electron chi connectivity index (χ3n) is 6.59. The van der Waals surface area contributed by atoms with Crippen LogP contribution < -0.4 is 14.4 Å². The Bertz CT molecular complexity index is 1360. The first-order valence-corrected chi connectivity index (χ1v) is 14.4. The zero-order valence-electron chi connectivity index (χ0n) is 23.1. The van der Waals surface area contributed by atoms with E-state index in [-0.39, 0.29) is 29.1 Å². The monoisotopic (exact) mass is 551 g/mol. The number of amides is 2.